The summed E-state index contributed by atoms with van der Waals surface area (Å²) in [6.45, 7) is 1.71. The van der Waals surface area contributed by atoms with Gasteiger partial charge in [0.15, 0.2) is 0 Å². The first-order valence-electron chi connectivity index (χ1n) is 6.93. The topological polar surface area (TPSA) is 21.3 Å². The second-order valence-electron chi connectivity index (χ2n) is 5.54. The summed E-state index contributed by atoms with van der Waals surface area (Å²) in [7, 11) is 0. The molecule has 3 unspecified atom stereocenters. The van der Waals surface area contributed by atoms with Crippen LogP contribution in [0.4, 0.5) is 0 Å². The van der Waals surface area contributed by atoms with Crippen LogP contribution in [0.15, 0.2) is 28.7 Å². The van der Waals surface area contributed by atoms with Gasteiger partial charge in [0, 0.05) is 17.1 Å². The van der Waals surface area contributed by atoms with Crippen molar-refractivity contribution in [2.75, 3.05) is 13.2 Å². The lowest BCUT2D eigenvalue weighted by Gasteiger charge is -2.22. The molecule has 0 aliphatic heterocycles. The highest BCUT2D eigenvalue weighted by Gasteiger charge is 2.38. The van der Waals surface area contributed by atoms with Crippen molar-refractivity contribution >= 4 is 15.9 Å². The van der Waals surface area contributed by atoms with Crippen molar-refractivity contribution in [3.8, 4) is 5.75 Å². The van der Waals surface area contributed by atoms with Crippen molar-refractivity contribution in [3.63, 3.8) is 0 Å². The van der Waals surface area contributed by atoms with Gasteiger partial charge in [-0.1, -0.05) is 28.4 Å². The van der Waals surface area contributed by atoms with E-state index in [0.29, 0.717) is 0 Å². The van der Waals surface area contributed by atoms with Crippen molar-refractivity contribution in [3.05, 3.63) is 28.7 Å². The van der Waals surface area contributed by atoms with Gasteiger partial charge in [0.2, 0.25) is 0 Å². The number of ether oxygens (including phenoxy) is 1. The SMILES string of the molecule is Brc1cccc(OCCNC2CC3CCC2C3)c1. The van der Waals surface area contributed by atoms with Crippen molar-refractivity contribution in [2.45, 2.75) is 31.7 Å². The molecule has 0 amide bonds. The van der Waals surface area contributed by atoms with Crippen LogP contribution in [0.2, 0.25) is 0 Å². The van der Waals surface area contributed by atoms with E-state index in [1.807, 2.05) is 24.3 Å². The highest BCUT2D eigenvalue weighted by atomic mass is 79.9. The molecule has 18 heavy (non-hydrogen) atoms. The molecule has 0 radical (unpaired) electrons. The van der Waals surface area contributed by atoms with Crippen molar-refractivity contribution in [1.82, 2.24) is 5.32 Å². The van der Waals surface area contributed by atoms with E-state index in [0.717, 1.165) is 41.3 Å². The molecule has 0 spiro atoms. The van der Waals surface area contributed by atoms with Gasteiger partial charge in [-0.15, -0.1) is 0 Å². The predicted molar refractivity (Wildman–Crippen MR) is 76.9 cm³/mol. The van der Waals surface area contributed by atoms with Crippen LogP contribution in [-0.2, 0) is 0 Å². The van der Waals surface area contributed by atoms with Gasteiger partial charge < -0.3 is 10.1 Å². The van der Waals surface area contributed by atoms with Gasteiger partial charge in [0.1, 0.15) is 12.4 Å². The summed E-state index contributed by atoms with van der Waals surface area (Å²) in [6, 6.07) is 8.79. The first-order valence-corrected chi connectivity index (χ1v) is 7.72. The van der Waals surface area contributed by atoms with Crippen LogP contribution in [0.1, 0.15) is 25.7 Å². The fourth-order valence-electron chi connectivity index (χ4n) is 3.46. The van der Waals surface area contributed by atoms with Crippen LogP contribution in [0.25, 0.3) is 0 Å². The van der Waals surface area contributed by atoms with Crippen LogP contribution in [0.5, 0.6) is 5.75 Å². The molecule has 3 atom stereocenters. The summed E-state index contributed by atoms with van der Waals surface area (Å²) in [6.07, 6.45) is 5.76. The minimum atomic E-state index is 0.754. The minimum Gasteiger partial charge on any atom is -0.492 e. The maximum absolute atomic E-state index is 5.73. The zero-order valence-corrected chi connectivity index (χ0v) is 12.2. The smallest absolute Gasteiger partial charge is 0.120 e. The Morgan fingerprint density at radius 2 is 2.22 bits per heavy atom. The third-order valence-corrected chi connectivity index (χ3v) is 4.80. The van der Waals surface area contributed by atoms with Gasteiger partial charge in [-0.05, 0) is 49.3 Å². The Kier molecular flexibility index (Phi) is 3.90. The highest BCUT2D eigenvalue weighted by molar-refractivity contribution is 9.10. The molecule has 0 heterocycles. The molecule has 0 aromatic heterocycles. The average Bonchev–Trinajstić information content (AvgIpc) is 2.97. The molecule has 2 saturated carbocycles. The van der Waals surface area contributed by atoms with Crippen LogP contribution < -0.4 is 10.1 Å². The number of hydrogen-bond acceptors (Lipinski definition) is 2. The zero-order chi connectivity index (χ0) is 12.4. The summed E-state index contributed by atoms with van der Waals surface area (Å²) in [5.74, 6) is 2.90. The largest absolute Gasteiger partial charge is 0.492 e. The van der Waals surface area contributed by atoms with Crippen LogP contribution in [0.3, 0.4) is 0 Å². The molecule has 3 rings (SSSR count). The van der Waals surface area contributed by atoms with Gasteiger partial charge in [-0.2, -0.15) is 0 Å². The van der Waals surface area contributed by atoms with Gasteiger partial charge in [-0.3, -0.25) is 0 Å². The Balaban J connectivity index is 1.38. The maximum atomic E-state index is 5.73. The van der Waals surface area contributed by atoms with Gasteiger partial charge in [0.05, 0.1) is 0 Å². The monoisotopic (exact) mass is 309 g/mol. The fraction of sp³-hybridized carbons (Fsp3) is 0.600. The lowest BCUT2D eigenvalue weighted by atomic mass is 9.95. The van der Waals surface area contributed by atoms with E-state index in [9.17, 15) is 0 Å². The quantitative estimate of drug-likeness (QED) is 0.839. The number of hydrogen-bond donors (Lipinski definition) is 1. The average molecular weight is 310 g/mol. The van der Waals surface area contributed by atoms with Crippen molar-refractivity contribution < 1.29 is 4.74 Å². The minimum absolute atomic E-state index is 0.754. The summed E-state index contributed by atoms with van der Waals surface area (Å²) in [5.41, 5.74) is 0. The lowest BCUT2D eigenvalue weighted by molar-refractivity contribution is 0.282. The van der Waals surface area contributed by atoms with E-state index in [4.69, 9.17) is 4.74 Å². The van der Waals surface area contributed by atoms with Crippen LogP contribution in [0, 0.1) is 11.8 Å². The molecular formula is C15H20BrNO. The highest BCUT2D eigenvalue weighted by Crippen LogP contribution is 2.44. The first-order chi connectivity index (χ1) is 8.81. The van der Waals surface area contributed by atoms with E-state index < -0.39 is 0 Å². The summed E-state index contributed by atoms with van der Waals surface area (Å²) in [5, 5.41) is 3.66. The van der Waals surface area contributed by atoms with E-state index >= 15 is 0 Å². The van der Waals surface area contributed by atoms with Gasteiger partial charge in [0.25, 0.3) is 0 Å². The molecule has 1 N–H and O–H groups in total. The number of nitrogens with one attached hydrogen (secondary N) is 1. The van der Waals surface area contributed by atoms with E-state index in [1.54, 1.807) is 0 Å². The van der Waals surface area contributed by atoms with Crippen LogP contribution in [-0.4, -0.2) is 19.2 Å². The van der Waals surface area contributed by atoms with Crippen molar-refractivity contribution in [1.29, 1.82) is 0 Å². The van der Waals surface area contributed by atoms with Gasteiger partial charge >= 0.3 is 0 Å². The molecule has 2 fully saturated rings. The summed E-state index contributed by atoms with van der Waals surface area (Å²) >= 11 is 3.45. The van der Waals surface area contributed by atoms with Crippen molar-refractivity contribution in [2.24, 2.45) is 11.8 Å². The number of halogens is 1. The van der Waals surface area contributed by atoms with Gasteiger partial charge in [-0.25, -0.2) is 0 Å². The lowest BCUT2D eigenvalue weighted by Crippen LogP contribution is -2.36. The second kappa shape index (κ2) is 5.62. The molecule has 2 bridgehead atoms. The Morgan fingerprint density at radius 1 is 1.28 bits per heavy atom. The molecule has 2 nitrogen and oxygen atoms in total. The molecule has 1 aromatic rings. The Bertz CT molecular complexity index is 409. The number of benzene rings is 1. The molecule has 3 heteroatoms. The molecule has 0 saturated heterocycles. The van der Waals surface area contributed by atoms with Crippen LogP contribution >= 0.6 is 15.9 Å². The normalized spacial score (nSPS) is 29.7. The van der Waals surface area contributed by atoms with E-state index in [-0.39, 0.29) is 0 Å². The summed E-state index contributed by atoms with van der Waals surface area (Å²) < 4.78 is 6.80. The Labute approximate surface area is 117 Å². The molecular weight excluding hydrogens is 290 g/mol. The first kappa shape index (κ1) is 12.5. The molecule has 2 aliphatic rings. The molecule has 98 valence electrons. The second-order valence-corrected chi connectivity index (χ2v) is 6.46. The number of fused-ring (bicyclic) bond motifs is 2. The third kappa shape index (κ3) is 2.89. The number of rotatable bonds is 5. The van der Waals surface area contributed by atoms with E-state index in [1.165, 1.54) is 25.7 Å². The molecule has 2 aliphatic carbocycles. The molecule has 1 aromatic carbocycles. The Morgan fingerprint density at radius 3 is 2.94 bits per heavy atom. The zero-order valence-electron chi connectivity index (χ0n) is 10.6. The standard InChI is InChI=1S/C15H20BrNO/c16-13-2-1-3-14(10-13)18-7-6-17-15-9-11-4-5-12(15)8-11/h1-3,10-12,15,17H,4-9H2. The fourth-order valence-corrected chi connectivity index (χ4v) is 3.84. The van der Waals surface area contributed by atoms with E-state index in [2.05, 4.69) is 21.2 Å². The maximum Gasteiger partial charge on any atom is 0.120 e. The predicted octanol–water partition coefficient (Wildman–Crippen LogP) is 3.61. The Hall–Kier alpha value is -0.540. The third-order valence-electron chi connectivity index (χ3n) is 4.31. The summed E-state index contributed by atoms with van der Waals surface area (Å²) in [4.78, 5) is 0.